The van der Waals surface area contributed by atoms with E-state index in [0.29, 0.717) is 0 Å². The van der Waals surface area contributed by atoms with Crippen molar-refractivity contribution in [1.29, 1.82) is 0 Å². The Balaban J connectivity index is 0.000000992. The number of hydrogen-bond acceptors (Lipinski definition) is 3. The van der Waals surface area contributed by atoms with E-state index in [-0.39, 0.29) is 5.41 Å². The largest absolute Gasteiger partial charge is 0.360 e. The fraction of sp³-hybridized carbons (Fsp3) is 0.325. The van der Waals surface area contributed by atoms with Crippen molar-refractivity contribution in [2.45, 2.75) is 82.7 Å². The smallest absolute Gasteiger partial charge is 0.0476 e. The molecule has 2 N–H and O–H groups in total. The van der Waals surface area contributed by atoms with Crippen LogP contribution in [0.3, 0.4) is 0 Å². The first-order chi connectivity index (χ1) is 20.3. The molecule has 0 saturated heterocycles. The van der Waals surface area contributed by atoms with Gasteiger partial charge in [0.15, 0.2) is 0 Å². The third kappa shape index (κ3) is 15.0. The Hall–Kier alpha value is -4.20. The number of hydrogen-bond donors (Lipinski definition) is 2. The van der Waals surface area contributed by atoms with E-state index in [2.05, 4.69) is 119 Å². The first-order valence-electron chi connectivity index (χ1n) is 15.2. The molecule has 1 heterocycles. The van der Waals surface area contributed by atoms with E-state index in [1.807, 2.05) is 78.0 Å². The van der Waals surface area contributed by atoms with Gasteiger partial charge in [-0.2, -0.15) is 0 Å². The van der Waals surface area contributed by atoms with Gasteiger partial charge in [0.2, 0.25) is 0 Å². The van der Waals surface area contributed by atoms with Crippen LogP contribution in [0, 0.1) is 5.41 Å². The van der Waals surface area contributed by atoms with Crippen molar-refractivity contribution in [2.75, 3.05) is 10.6 Å². The molecule has 0 aromatic heterocycles. The minimum atomic E-state index is 0.228. The zero-order valence-corrected chi connectivity index (χ0v) is 28.9. The van der Waals surface area contributed by atoms with E-state index in [1.165, 1.54) is 16.7 Å². The van der Waals surface area contributed by atoms with Crippen LogP contribution in [0.1, 0.15) is 81.7 Å². The maximum atomic E-state index is 4.31. The van der Waals surface area contributed by atoms with Crippen molar-refractivity contribution in [3.05, 3.63) is 150 Å². The second kappa shape index (κ2) is 19.8. The molecule has 0 amide bonds. The van der Waals surface area contributed by atoms with Crippen molar-refractivity contribution in [3.63, 3.8) is 0 Å². The topological polar surface area (TPSA) is 27.3 Å². The first-order valence-corrected chi connectivity index (χ1v) is 15.2. The Morgan fingerprint density at radius 1 is 0.837 bits per heavy atom. The molecule has 43 heavy (non-hydrogen) atoms. The summed E-state index contributed by atoms with van der Waals surface area (Å²) in [5.41, 5.74) is 13.9. The molecule has 0 bridgehead atoms. The molecule has 0 fully saturated rings. The lowest BCUT2D eigenvalue weighted by Gasteiger charge is -2.30. The zero-order chi connectivity index (χ0) is 33.2. The molecule has 0 spiro atoms. The SMILES string of the molecule is C=C(C)C=C=C(C)C(C)(C)C.C=C(C)Nc1ccc(NC(=C)C2=CC(C)=CN(Cc3ccccc3)C2=C)cc1.CC.CC. The van der Waals surface area contributed by atoms with Crippen LogP contribution >= 0.6 is 0 Å². The van der Waals surface area contributed by atoms with Gasteiger partial charge in [-0.05, 0) is 86.2 Å². The summed E-state index contributed by atoms with van der Waals surface area (Å²) in [6.07, 6.45) is 6.18. The molecule has 3 nitrogen and oxygen atoms in total. The Kier molecular flexibility index (Phi) is 17.9. The third-order valence-electron chi connectivity index (χ3n) is 6.11. The normalized spacial score (nSPS) is 11.7. The molecular weight excluding hydrogens is 522 g/mol. The van der Waals surface area contributed by atoms with E-state index in [9.17, 15) is 0 Å². The van der Waals surface area contributed by atoms with E-state index >= 15 is 0 Å². The van der Waals surface area contributed by atoms with Gasteiger partial charge in [-0.15, -0.1) is 5.73 Å². The molecule has 2 aromatic rings. The maximum Gasteiger partial charge on any atom is 0.0476 e. The van der Waals surface area contributed by atoms with Crippen LogP contribution in [0.4, 0.5) is 11.4 Å². The third-order valence-corrected chi connectivity index (χ3v) is 6.11. The Morgan fingerprint density at radius 2 is 1.35 bits per heavy atom. The minimum Gasteiger partial charge on any atom is -0.360 e. The van der Waals surface area contributed by atoms with E-state index in [1.54, 1.807) is 0 Å². The molecule has 1 aliphatic rings. The fourth-order valence-corrected chi connectivity index (χ4v) is 3.58. The van der Waals surface area contributed by atoms with E-state index < -0.39 is 0 Å². The number of benzene rings is 2. The van der Waals surface area contributed by atoms with Gasteiger partial charge in [0, 0.05) is 46.8 Å². The van der Waals surface area contributed by atoms with Gasteiger partial charge in [-0.3, -0.25) is 0 Å². The summed E-state index contributed by atoms with van der Waals surface area (Å²) < 4.78 is 0. The summed E-state index contributed by atoms with van der Waals surface area (Å²) in [6, 6.07) is 18.5. The molecule has 232 valence electrons. The van der Waals surface area contributed by atoms with Crippen LogP contribution in [0.25, 0.3) is 0 Å². The van der Waals surface area contributed by atoms with Crippen molar-refractivity contribution in [3.8, 4) is 0 Å². The van der Waals surface area contributed by atoms with E-state index in [0.717, 1.165) is 46.2 Å². The molecule has 2 aromatic carbocycles. The molecule has 0 unspecified atom stereocenters. The quantitative estimate of drug-likeness (QED) is 0.241. The number of nitrogens with zero attached hydrogens (tertiary/aromatic N) is 1. The summed E-state index contributed by atoms with van der Waals surface area (Å²) in [5.74, 6) is 0. The van der Waals surface area contributed by atoms with Gasteiger partial charge in [0.25, 0.3) is 0 Å². The van der Waals surface area contributed by atoms with Crippen molar-refractivity contribution in [2.24, 2.45) is 5.41 Å². The predicted molar refractivity (Wildman–Crippen MR) is 195 cm³/mol. The van der Waals surface area contributed by atoms with Gasteiger partial charge >= 0.3 is 0 Å². The summed E-state index contributed by atoms with van der Waals surface area (Å²) in [4.78, 5) is 2.17. The van der Waals surface area contributed by atoms with Gasteiger partial charge in [0.05, 0.1) is 0 Å². The van der Waals surface area contributed by atoms with Crippen LogP contribution in [-0.2, 0) is 6.54 Å². The van der Waals surface area contributed by atoms with Crippen molar-refractivity contribution >= 4 is 11.4 Å². The molecule has 1 aliphatic heterocycles. The molecule has 0 saturated carbocycles. The number of anilines is 2. The molecule has 3 rings (SSSR count). The molecule has 0 aliphatic carbocycles. The second-order valence-corrected chi connectivity index (χ2v) is 11.1. The summed E-state index contributed by atoms with van der Waals surface area (Å²) >= 11 is 0. The predicted octanol–water partition coefficient (Wildman–Crippen LogP) is 12.2. The van der Waals surface area contributed by atoms with Crippen molar-refractivity contribution < 1.29 is 0 Å². The summed E-state index contributed by atoms with van der Waals surface area (Å²) in [7, 11) is 0. The number of nitrogens with one attached hydrogen (secondary N) is 2. The van der Waals surface area contributed by atoms with Gasteiger partial charge < -0.3 is 15.5 Å². The molecule has 0 radical (unpaired) electrons. The Morgan fingerprint density at radius 3 is 1.81 bits per heavy atom. The van der Waals surface area contributed by atoms with Crippen LogP contribution in [0.15, 0.2) is 144 Å². The van der Waals surface area contributed by atoms with Crippen LogP contribution in [0.5, 0.6) is 0 Å². The van der Waals surface area contributed by atoms with E-state index in [4.69, 9.17) is 0 Å². The zero-order valence-electron chi connectivity index (χ0n) is 28.9. The van der Waals surface area contributed by atoms with Crippen molar-refractivity contribution in [1.82, 2.24) is 4.90 Å². The summed E-state index contributed by atoms with van der Waals surface area (Å²) in [5, 5.41) is 6.61. The van der Waals surface area contributed by atoms with Crippen LogP contribution in [0.2, 0.25) is 0 Å². The lowest BCUT2D eigenvalue weighted by Crippen LogP contribution is -2.22. The lowest BCUT2D eigenvalue weighted by molar-refractivity contribution is 0.462. The first kappa shape index (κ1) is 38.8. The molecule has 0 atom stereocenters. The average Bonchev–Trinajstić information content (AvgIpc) is 2.96. The van der Waals surface area contributed by atoms with Gasteiger partial charge in [-0.1, -0.05) is 111 Å². The van der Waals surface area contributed by atoms with Crippen LogP contribution in [-0.4, -0.2) is 4.90 Å². The van der Waals surface area contributed by atoms with Gasteiger partial charge in [-0.25, -0.2) is 0 Å². The highest BCUT2D eigenvalue weighted by atomic mass is 15.1. The molecular formula is C40H57N3. The minimum absolute atomic E-state index is 0.228. The monoisotopic (exact) mass is 579 g/mol. The molecule has 3 heteroatoms. The lowest BCUT2D eigenvalue weighted by atomic mass is 9.88. The Labute approximate surface area is 264 Å². The number of allylic oxidation sites excluding steroid dienone is 5. The van der Waals surface area contributed by atoms with Gasteiger partial charge in [0.1, 0.15) is 0 Å². The highest BCUT2D eigenvalue weighted by Gasteiger charge is 2.18. The number of rotatable bonds is 8. The second-order valence-electron chi connectivity index (χ2n) is 11.1. The Bertz CT molecular complexity index is 1320. The fourth-order valence-electron chi connectivity index (χ4n) is 3.58. The highest BCUT2D eigenvalue weighted by Crippen LogP contribution is 2.30. The standard InChI is InChI=1S/C25H27N3.C11H18.2C2H6/c1-18(2)26-23-11-13-24(14-12-23)27-20(4)25-15-19(3)16-28(21(25)5)17-22-9-7-6-8-10-22;1-9(2)7-8-10(3)11(4,5)6;2*1-2/h6-16,26-27H,1,4-5,17H2,2-3H3;7H,1H2,2-6H3;2*1-2H3. The highest BCUT2D eigenvalue weighted by molar-refractivity contribution is 5.62. The maximum absolute atomic E-state index is 4.31. The summed E-state index contributed by atoms with van der Waals surface area (Å²) in [6.45, 7) is 39.6. The average molecular weight is 580 g/mol. The van der Waals surface area contributed by atoms with Crippen LogP contribution < -0.4 is 10.6 Å².